The number of amides is 2. The summed E-state index contributed by atoms with van der Waals surface area (Å²) in [5, 5.41) is 19.6. The van der Waals surface area contributed by atoms with Gasteiger partial charge in [-0.1, -0.05) is 13.8 Å². The Morgan fingerprint density at radius 3 is 2.41 bits per heavy atom. The Morgan fingerprint density at radius 2 is 2.00 bits per heavy atom. The first-order valence-corrected chi connectivity index (χ1v) is 5.53. The van der Waals surface area contributed by atoms with Crippen LogP contribution >= 0.6 is 0 Å². The van der Waals surface area contributed by atoms with Crippen molar-refractivity contribution in [2.75, 3.05) is 13.1 Å². The molecule has 0 radical (unpaired) electrons. The van der Waals surface area contributed by atoms with Crippen LogP contribution in [0.1, 0.15) is 27.2 Å². The topological polar surface area (TPSA) is 93.4 Å². The minimum absolute atomic E-state index is 0.238. The van der Waals surface area contributed by atoms with Gasteiger partial charge in [-0.2, -0.15) is 5.26 Å². The smallest absolute Gasteiger partial charge is 0.325 e. The van der Waals surface area contributed by atoms with Gasteiger partial charge in [0.1, 0.15) is 6.04 Å². The highest BCUT2D eigenvalue weighted by atomic mass is 16.4. The van der Waals surface area contributed by atoms with E-state index in [0.717, 1.165) is 0 Å². The van der Waals surface area contributed by atoms with Gasteiger partial charge in [0, 0.05) is 13.1 Å². The molecule has 17 heavy (non-hydrogen) atoms. The van der Waals surface area contributed by atoms with E-state index in [0.29, 0.717) is 13.1 Å². The lowest BCUT2D eigenvalue weighted by atomic mass is 10.2. The third-order valence-electron chi connectivity index (χ3n) is 2.08. The summed E-state index contributed by atoms with van der Waals surface area (Å²) >= 11 is 0. The highest BCUT2D eigenvalue weighted by Gasteiger charge is 2.19. The molecule has 0 aromatic heterocycles. The number of nitrogens with one attached hydrogen (secondary N) is 1. The molecule has 6 nitrogen and oxygen atoms in total. The zero-order chi connectivity index (χ0) is 13.4. The molecule has 0 aromatic rings. The van der Waals surface area contributed by atoms with E-state index in [2.05, 4.69) is 5.32 Å². The fourth-order valence-electron chi connectivity index (χ4n) is 1.24. The number of hydrogen-bond donors (Lipinski definition) is 2. The van der Waals surface area contributed by atoms with Crippen LogP contribution in [0.25, 0.3) is 0 Å². The summed E-state index contributed by atoms with van der Waals surface area (Å²) in [4.78, 5) is 23.8. The van der Waals surface area contributed by atoms with Crippen molar-refractivity contribution < 1.29 is 14.7 Å². The molecule has 2 N–H and O–H groups in total. The SMILES string of the molecule is CC(C)CN(CCC#N)C(=O)NC(C)C(=O)O. The first-order valence-electron chi connectivity index (χ1n) is 5.53. The molecular weight excluding hydrogens is 222 g/mol. The third-order valence-corrected chi connectivity index (χ3v) is 2.08. The molecule has 0 fully saturated rings. The number of carboxylic acid groups (broad SMARTS) is 1. The molecule has 0 aromatic carbocycles. The number of nitriles is 1. The number of carboxylic acids is 1. The van der Waals surface area contributed by atoms with E-state index >= 15 is 0 Å². The van der Waals surface area contributed by atoms with Crippen LogP contribution in [-0.2, 0) is 4.79 Å². The Morgan fingerprint density at radius 1 is 1.41 bits per heavy atom. The molecule has 2 amide bonds. The zero-order valence-electron chi connectivity index (χ0n) is 10.4. The Hall–Kier alpha value is -1.77. The van der Waals surface area contributed by atoms with Gasteiger partial charge in [0.15, 0.2) is 0 Å². The van der Waals surface area contributed by atoms with E-state index in [1.54, 1.807) is 0 Å². The summed E-state index contributed by atoms with van der Waals surface area (Å²) in [7, 11) is 0. The van der Waals surface area contributed by atoms with Crippen molar-refractivity contribution in [1.29, 1.82) is 5.26 Å². The minimum atomic E-state index is -1.08. The maximum absolute atomic E-state index is 11.7. The number of urea groups is 1. The van der Waals surface area contributed by atoms with Gasteiger partial charge in [-0.05, 0) is 12.8 Å². The van der Waals surface area contributed by atoms with Crippen LogP contribution in [0.2, 0.25) is 0 Å². The van der Waals surface area contributed by atoms with Gasteiger partial charge in [-0.15, -0.1) is 0 Å². The van der Waals surface area contributed by atoms with E-state index in [-0.39, 0.29) is 12.3 Å². The lowest BCUT2D eigenvalue weighted by Gasteiger charge is -2.25. The number of carbonyl (C=O) groups is 2. The molecule has 0 bridgehead atoms. The summed E-state index contributed by atoms with van der Waals surface area (Å²) in [5.41, 5.74) is 0. The summed E-state index contributed by atoms with van der Waals surface area (Å²) in [6, 6.07) is 0.592. The Kier molecular flexibility index (Phi) is 6.71. The van der Waals surface area contributed by atoms with Crippen molar-refractivity contribution in [2.24, 2.45) is 5.92 Å². The summed E-state index contributed by atoms with van der Waals surface area (Å²) < 4.78 is 0. The number of aliphatic carboxylic acids is 1. The lowest BCUT2D eigenvalue weighted by Crippen LogP contribution is -2.48. The minimum Gasteiger partial charge on any atom is -0.480 e. The van der Waals surface area contributed by atoms with Gasteiger partial charge in [-0.25, -0.2) is 4.79 Å². The molecular formula is C11H19N3O3. The van der Waals surface area contributed by atoms with Gasteiger partial charge < -0.3 is 15.3 Å². The van der Waals surface area contributed by atoms with Crippen LogP contribution in [0.15, 0.2) is 0 Å². The van der Waals surface area contributed by atoms with E-state index in [1.165, 1.54) is 11.8 Å². The highest BCUT2D eigenvalue weighted by molar-refractivity contribution is 5.82. The lowest BCUT2D eigenvalue weighted by molar-refractivity contribution is -0.138. The van der Waals surface area contributed by atoms with Gasteiger partial charge >= 0.3 is 12.0 Å². The first kappa shape index (κ1) is 15.2. The van der Waals surface area contributed by atoms with Crippen LogP contribution < -0.4 is 5.32 Å². The van der Waals surface area contributed by atoms with Gasteiger partial charge in [-0.3, -0.25) is 4.79 Å². The van der Waals surface area contributed by atoms with Gasteiger partial charge in [0.05, 0.1) is 12.5 Å². The Bertz CT molecular complexity index is 310. The van der Waals surface area contributed by atoms with Crippen molar-refractivity contribution in [3.05, 3.63) is 0 Å². The second-order valence-corrected chi connectivity index (χ2v) is 4.26. The van der Waals surface area contributed by atoms with Crippen molar-refractivity contribution >= 4 is 12.0 Å². The molecule has 0 aliphatic heterocycles. The number of hydrogen-bond acceptors (Lipinski definition) is 3. The van der Waals surface area contributed by atoms with Gasteiger partial charge in [0.2, 0.25) is 0 Å². The predicted molar refractivity (Wildman–Crippen MR) is 62.3 cm³/mol. The monoisotopic (exact) mass is 241 g/mol. The Labute approximate surface area is 101 Å². The highest BCUT2D eigenvalue weighted by Crippen LogP contribution is 2.01. The van der Waals surface area contributed by atoms with Crippen LogP contribution in [0.5, 0.6) is 0 Å². The van der Waals surface area contributed by atoms with Crippen LogP contribution in [0.3, 0.4) is 0 Å². The first-order chi connectivity index (χ1) is 7.88. The molecule has 0 saturated heterocycles. The molecule has 1 atom stereocenters. The van der Waals surface area contributed by atoms with Crippen LogP contribution in [0, 0.1) is 17.2 Å². The van der Waals surface area contributed by atoms with Crippen molar-refractivity contribution in [2.45, 2.75) is 33.2 Å². The van der Waals surface area contributed by atoms with Crippen molar-refractivity contribution in [1.82, 2.24) is 10.2 Å². The molecule has 0 spiro atoms. The number of nitrogens with zero attached hydrogens (tertiary/aromatic N) is 2. The second-order valence-electron chi connectivity index (χ2n) is 4.26. The average molecular weight is 241 g/mol. The van der Waals surface area contributed by atoms with E-state index < -0.39 is 18.0 Å². The second kappa shape index (κ2) is 7.49. The summed E-state index contributed by atoms with van der Waals surface area (Å²) in [6.45, 7) is 6.12. The quantitative estimate of drug-likeness (QED) is 0.726. The molecule has 0 saturated carbocycles. The van der Waals surface area contributed by atoms with Crippen molar-refractivity contribution in [3.8, 4) is 6.07 Å². The fraction of sp³-hybridized carbons (Fsp3) is 0.727. The van der Waals surface area contributed by atoms with E-state index in [1.807, 2.05) is 19.9 Å². The normalized spacial score (nSPS) is 11.7. The maximum atomic E-state index is 11.7. The maximum Gasteiger partial charge on any atom is 0.325 e. The third kappa shape index (κ3) is 6.40. The largest absolute Gasteiger partial charge is 0.480 e. The Balaban J connectivity index is 4.41. The molecule has 0 heterocycles. The molecule has 6 heteroatoms. The van der Waals surface area contributed by atoms with Crippen LogP contribution in [-0.4, -0.2) is 41.1 Å². The zero-order valence-corrected chi connectivity index (χ0v) is 10.4. The fourth-order valence-corrected chi connectivity index (χ4v) is 1.24. The van der Waals surface area contributed by atoms with E-state index in [9.17, 15) is 9.59 Å². The summed E-state index contributed by atoms with van der Waals surface area (Å²) in [5.74, 6) is -0.817. The molecule has 1 unspecified atom stereocenters. The number of carbonyl (C=O) groups excluding carboxylic acids is 1. The van der Waals surface area contributed by atoms with Crippen molar-refractivity contribution in [3.63, 3.8) is 0 Å². The standard InChI is InChI=1S/C11H19N3O3/c1-8(2)7-14(6-4-5-12)11(17)13-9(3)10(15)16/h8-9H,4,6-7H2,1-3H3,(H,13,17)(H,15,16). The van der Waals surface area contributed by atoms with Gasteiger partial charge in [0.25, 0.3) is 0 Å². The average Bonchev–Trinajstić information content (AvgIpc) is 2.23. The number of rotatable bonds is 6. The molecule has 0 aliphatic rings. The predicted octanol–water partition coefficient (Wildman–Crippen LogP) is 1.04. The molecule has 0 rings (SSSR count). The molecule has 96 valence electrons. The summed E-state index contributed by atoms with van der Waals surface area (Å²) in [6.07, 6.45) is 0.238. The van der Waals surface area contributed by atoms with E-state index in [4.69, 9.17) is 10.4 Å². The molecule has 0 aliphatic carbocycles. The van der Waals surface area contributed by atoms with Crippen LogP contribution in [0.4, 0.5) is 4.79 Å².